The van der Waals surface area contributed by atoms with Crippen molar-refractivity contribution in [2.24, 2.45) is 0 Å². The first-order valence-electron chi connectivity index (χ1n) is 6.23. The molecule has 2 nitrogen and oxygen atoms in total. The van der Waals surface area contributed by atoms with Gasteiger partial charge in [0, 0.05) is 27.5 Å². The van der Waals surface area contributed by atoms with Crippen molar-refractivity contribution in [3.05, 3.63) is 50.4 Å². The zero-order chi connectivity index (χ0) is 12.4. The molecule has 0 bridgehead atoms. The lowest BCUT2D eigenvalue weighted by Crippen LogP contribution is -2.25. The Kier molecular flexibility index (Phi) is 3.77. The molecule has 0 saturated heterocycles. The summed E-state index contributed by atoms with van der Waals surface area (Å²) >= 11 is 5.28. The second-order valence-corrected chi connectivity index (χ2v) is 6.52. The zero-order valence-electron chi connectivity index (χ0n) is 10.0. The van der Waals surface area contributed by atoms with E-state index in [-0.39, 0.29) is 0 Å². The first-order chi connectivity index (χ1) is 8.83. The summed E-state index contributed by atoms with van der Waals surface area (Å²) < 4.78 is 1.17. The summed E-state index contributed by atoms with van der Waals surface area (Å²) in [4.78, 5) is 5.92. The summed E-state index contributed by atoms with van der Waals surface area (Å²) in [7, 11) is 0. The molecule has 3 rings (SSSR count). The number of nitrogens with one attached hydrogen (secondary N) is 1. The van der Waals surface area contributed by atoms with E-state index in [9.17, 15) is 0 Å². The largest absolute Gasteiger partial charge is 0.304 e. The minimum atomic E-state index is 0.413. The molecule has 94 valence electrons. The molecule has 0 amide bonds. The van der Waals surface area contributed by atoms with E-state index in [0.29, 0.717) is 6.04 Å². The fourth-order valence-corrected chi connectivity index (χ4v) is 3.88. The highest BCUT2D eigenvalue weighted by Crippen LogP contribution is 2.28. The van der Waals surface area contributed by atoms with E-state index in [0.717, 1.165) is 6.54 Å². The normalized spacial score (nSPS) is 18.6. The van der Waals surface area contributed by atoms with Crippen LogP contribution in [0.3, 0.4) is 0 Å². The summed E-state index contributed by atoms with van der Waals surface area (Å²) in [6.07, 6.45) is 5.52. The molecule has 1 N–H and O–H groups in total. The third-order valence-corrected chi connectivity index (χ3v) is 5.04. The van der Waals surface area contributed by atoms with Gasteiger partial charge in [0.15, 0.2) is 0 Å². The molecule has 0 aromatic carbocycles. The van der Waals surface area contributed by atoms with E-state index >= 15 is 0 Å². The van der Waals surface area contributed by atoms with Gasteiger partial charge < -0.3 is 5.32 Å². The SMILES string of the molecule is Brc1csc(CNC2CCCc3cccnc32)c1. The Morgan fingerprint density at radius 3 is 3.28 bits per heavy atom. The molecule has 2 heterocycles. The predicted molar refractivity (Wildman–Crippen MR) is 78.8 cm³/mol. The van der Waals surface area contributed by atoms with Gasteiger partial charge in [-0.3, -0.25) is 4.98 Å². The number of hydrogen-bond acceptors (Lipinski definition) is 3. The molecule has 0 spiro atoms. The van der Waals surface area contributed by atoms with Crippen LogP contribution in [-0.4, -0.2) is 4.98 Å². The lowest BCUT2D eigenvalue weighted by molar-refractivity contribution is 0.449. The molecule has 1 atom stereocenters. The van der Waals surface area contributed by atoms with Crippen LogP contribution in [-0.2, 0) is 13.0 Å². The van der Waals surface area contributed by atoms with E-state index in [2.05, 4.69) is 43.7 Å². The molecule has 1 aliphatic carbocycles. The standard InChI is InChI=1S/C14H15BrN2S/c15-11-7-12(18-9-11)8-17-13-5-1-3-10-4-2-6-16-14(10)13/h2,4,6-7,9,13,17H,1,3,5,8H2. The van der Waals surface area contributed by atoms with Gasteiger partial charge in [-0.25, -0.2) is 0 Å². The summed E-state index contributed by atoms with van der Waals surface area (Å²) in [5.74, 6) is 0. The number of rotatable bonds is 3. The molecule has 0 fully saturated rings. The van der Waals surface area contributed by atoms with Crippen molar-refractivity contribution in [3.8, 4) is 0 Å². The Balaban J connectivity index is 1.71. The second-order valence-electron chi connectivity index (χ2n) is 4.60. The summed E-state index contributed by atoms with van der Waals surface area (Å²) in [5, 5.41) is 5.76. The van der Waals surface area contributed by atoms with E-state index in [1.807, 2.05) is 12.3 Å². The number of thiophene rings is 1. The van der Waals surface area contributed by atoms with Gasteiger partial charge in [-0.2, -0.15) is 0 Å². The fraction of sp³-hybridized carbons (Fsp3) is 0.357. The van der Waals surface area contributed by atoms with Crippen molar-refractivity contribution in [1.82, 2.24) is 10.3 Å². The van der Waals surface area contributed by atoms with Crippen LogP contribution in [0, 0.1) is 0 Å². The van der Waals surface area contributed by atoms with Crippen LogP contribution in [0.25, 0.3) is 0 Å². The van der Waals surface area contributed by atoms with Crippen LogP contribution in [0.4, 0.5) is 0 Å². The van der Waals surface area contributed by atoms with Gasteiger partial charge in [0.25, 0.3) is 0 Å². The van der Waals surface area contributed by atoms with Gasteiger partial charge in [0.1, 0.15) is 0 Å². The zero-order valence-corrected chi connectivity index (χ0v) is 12.4. The number of fused-ring (bicyclic) bond motifs is 1. The maximum Gasteiger partial charge on any atom is 0.0605 e. The summed E-state index contributed by atoms with van der Waals surface area (Å²) in [6, 6.07) is 6.84. The average molecular weight is 323 g/mol. The van der Waals surface area contributed by atoms with Crippen molar-refractivity contribution in [2.75, 3.05) is 0 Å². The highest BCUT2D eigenvalue weighted by molar-refractivity contribution is 9.10. The molecule has 0 aliphatic heterocycles. The Morgan fingerprint density at radius 1 is 1.50 bits per heavy atom. The molecular formula is C14H15BrN2S. The van der Waals surface area contributed by atoms with Crippen molar-refractivity contribution in [2.45, 2.75) is 31.8 Å². The molecule has 2 aromatic heterocycles. The van der Waals surface area contributed by atoms with Gasteiger partial charge in [-0.15, -0.1) is 11.3 Å². The molecule has 18 heavy (non-hydrogen) atoms. The van der Waals surface area contributed by atoms with Crippen molar-refractivity contribution in [3.63, 3.8) is 0 Å². The van der Waals surface area contributed by atoms with Crippen LogP contribution >= 0.6 is 27.3 Å². The Morgan fingerprint density at radius 2 is 2.44 bits per heavy atom. The van der Waals surface area contributed by atoms with E-state index in [1.54, 1.807) is 11.3 Å². The molecule has 1 aliphatic rings. The Labute approximate surface area is 120 Å². The molecule has 0 saturated carbocycles. The first-order valence-corrected chi connectivity index (χ1v) is 7.90. The van der Waals surface area contributed by atoms with E-state index in [4.69, 9.17) is 0 Å². The summed E-state index contributed by atoms with van der Waals surface area (Å²) in [6.45, 7) is 0.928. The number of aromatic nitrogens is 1. The molecular weight excluding hydrogens is 308 g/mol. The van der Waals surface area contributed by atoms with Crippen LogP contribution < -0.4 is 5.32 Å². The number of aryl methyl sites for hydroxylation is 1. The average Bonchev–Trinajstić information content (AvgIpc) is 2.82. The second kappa shape index (κ2) is 5.51. The maximum absolute atomic E-state index is 4.55. The Hall–Kier alpha value is -0.710. The van der Waals surface area contributed by atoms with Gasteiger partial charge >= 0.3 is 0 Å². The predicted octanol–water partition coefficient (Wildman–Crippen LogP) is 4.07. The topological polar surface area (TPSA) is 24.9 Å². The first kappa shape index (κ1) is 12.3. The van der Waals surface area contributed by atoms with Crippen LogP contribution in [0.5, 0.6) is 0 Å². The highest BCUT2D eigenvalue weighted by atomic mass is 79.9. The van der Waals surface area contributed by atoms with Crippen LogP contribution in [0.15, 0.2) is 34.2 Å². The van der Waals surface area contributed by atoms with Crippen molar-refractivity contribution in [1.29, 1.82) is 0 Å². The lowest BCUT2D eigenvalue weighted by atomic mass is 9.92. The van der Waals surface area contributed by atoms with Gasteiger partial charge in [0.2, 0.25) is 0 Å². The Bertz CT molecular complexity index is 538. The molecule has 4 heteroatoms. The summed E-state index contributed by atoms with van der Waals surface area (Å²) in [5.41, 5.74) is 2.66. The third kappa shape index (κ3) is 2.66. The minimum absolute atomic E-state index is 0.413. The highest BCUT2D eigenvalue weighted by Gasteiger charge is 2.20. The monoisotopic (exact) mass is 322 g/mol. The van der Waals surface area contributed by atoms with Crippen LogP contribution in [0.2, 0.25) is 0 Å². The van der Waals surface area contributed by atoms with Crippen molar-refractivity contribution >= 4 is 27.3 Å². The molecule has 0 radical (unpaired) electrons. The fourth-order valence-electron chi connectivity index (χ4n) is 2.48. The van der Waals surface area contributed by atoms with Gasteiger partial charge in [0.05, 0.1) is 11.7 Å². The number of nitrogens with zero attached hydrogens (tertiary/aromatic N) is 1. The van der Waals surface area contributed by atoms with Gasteiger partial charge in [-0.05, 0) is 52.9 Å². The maximum atomic E-state index is 4.55. The number of hydrogen-bond donors (Lipinski definition) is 1. The quantitative estimate of drug-likeness (QED) is 0.921. The molecule has 1 unspecified atom stereocenters. The number of halogens is 1. The smallest absolute Gasteiger partial charge is 0.0605 e. The minimum Gasteiger partial charge on any atom is -0.304 e. The van der Waals surface area contributed by atoms with E-state index in [1.165, 1.54) is 39.9 Å². The lowest BCUT2D eigenvalue weighted by Gasteiger charge is -2.25. The van der Waals surface area contributed by atoms with E-state index < -0.39 is 0 Å². The van der Waals surface area contributed by atoms with Gasteiger partial charge in [-0.1, -0.05) is 6.07 Å². The van der Waals surface area contributed by atoms with Crippen molar-refractivity contribution < 1.29 is 0 Å². The molecule has 2 aromatic rings. The third-order valence-electron chi connectivity index (χ3n) is 3.34. The van der Waals surface area contributed by atoms with Crippen LogP contribution in [0.1, 0.15) is 35.0 Å². The number of pyridine rings is 1.